The van der Waals surface area contributed by atoms with E-state index >= 15 is 0 Å². The summed E-state index contributed by atoms with van der Waals surface area (Å²) in [5.74, 6) is -2.75. The van der Waals surface area contributed by atoms with Crippen LogP contribution < -0.4 is 20.7 Å². The first-order valence-corrected chi connectivity index (χ1v) is 21.2. The van der Waals surface area contributed by atoms with Gasteiger partial charge in [-0.3, -0.25) is 19.1 Å². The Bertz CT molecular complexity index is 1870. The molecule has 4 N–H and O–H groups in total. The van der Waals surface area contributed by atoms with Crippen LogP contribution in [0.25, 0.3) is 0 Å². The molecule has 56 heavy (non-hydrogen) atoms. The molecule has 5 atom stereocenters. The summed E-state index contributed by atoms with van der Waals surface area (Å²) in [7, 11) is -3.96. The van der Waals surface area contributed by atoms with Crippen molar-refractivity contribution < 1.29 is 50.3 Å². The Kier molecular flexibility index (Phi) is 11.3. The van der Waals surface area contributed by atoms with E-state index in [1.165, 1.54) is 11.0 Å². The molecule has 6 aliphatic rings. The van der Waals surface area contributed by atoms with Crippen molar-refractivity contribution in [1.82, 2.24) is 30.5 Å². The van der Waals surface area contributed by atoms with Gasteiger partial charge in [0.15, 0.2) is 0 Å². The molecule has 0 spiro atoms. The summed E-state index contributed by atoms with van der Waals surface area (Å²) in [6.45, 7) is -0.520. The molecule has 7 rings (SSSR count). The van der Waals surface area contributed by atoms with Crippen molar-refractivity contribution in [3.8, 4) is 0 Å². The molecular weight excluding hydrogens is 758 g/mol. The largest absolute Gasteiger partial charge is 0.444 e. The highest BCUT2D eigenvalue weighted by atomic mass is 32.2. The fourth-order valence-electron chi connectivity index (χ4n) is 8.52. The Balaban J connectivity index is 1.13. The van der Waals surface area contributed by atoms with Crippen molar-refractivity contribution in [2.24, 2.45) is 5.92 Å². The van der Waals surface area contributed by atoms with E-state index in [0.717, 1.165) is 43.1 Å². The first-order chi connectivity index (χ1) is 26.6. The number of nitrogens with zero attached hydrogens (tertiary/aromatic N) is 2. The quantitative estimate of drug-likeness (QED) is 0.313. The van der Waals surface area contributed by atoms with E-state index in [4.69, 9.17) is 4.74 Å². The average Bonchev–Trinajstić information content (AvgIpc) is 4.02. The minimum absolute atomic E-state index is 0.0260. The van der Waals surface area contributed by atoms with Crippen LogP contribution in [-0.2, 0) is 48.3 Å². The van der Waals surface area contributed by atoms with E-state index in [1.807, 2.05) is 6.08 Å². The van der Waals surface area contributed by atoms with Gasteiger partial charge in [0.25, 0.3) is 5.91 Å². The average molecular weight is 807 g/mol. The number of sulfonamides is 1. The molecule has 14 nitrogen and oxygen atoms in total. The number of carbonyl (C=O) groups excluding carboxylic acids is 5. The number of rotatable bonds is 6. The predicted molar refractivity (Wildman–Crippen MR) is 195 cm³/mol. The van der Waals surface area contributed by atoms with Gasteiger partial charge < -0.3 is 30.5 Å². The molecular formula is C38H49F3N6O8S. The van der Waals surface area contributed by atoms with E-state index in [-0.39, 0.29) is 56.9 Å². The number of carbonyl (C=O) groups is 5. The molecule has 6 amide bonds. The predicted octanol–water partition coefficient (Wildman–Crippen LogP) is 3.78. The molecule has 3 aliphatic heterocycles. The molecule has 1 aromatic rings. The van der Waals surface area contributed by atoms with Crippen molar-refractivity contribution in [3.05, 3.63) is 47.0 Å². The van der Waals surface area contributed by atoms with Crippen LogP contribution in [0, 0.1) is 5.92 Å². The molecule has 0 bridgehead atoms. The number of ether oxygens (including phenoxy) is 1. The van der Waals surface area contributed by atoms with Gasteiger partial charge in [0.1, 0.15) is 23.7 Å². The van der Waals surface area contributed by atoms with Crippen LogP contribution >= 0.6 is 0 Å². The summed E-state index contributed by atoms with van der Waals surface area (Å²) in [5, 5.41) is 7.82. The molecule has 4 fully saturated rings. The lowest BCUT2D eigenvalue weighted by Gasteiger charge is -2.31. The Hall–Kier alpha value is -4.35. The number of urea groups is 1. The number of hydrogen-bond acceptors (Lipinski definition) is 8. The van der Waals surface area contributed by atoms with E-state index in [1.54, 1.807) is 12.1 Å². The van der Waals surface area contributed by atoms with Crippen molar-refractivity contribution in [2.45, 2.75) is 138 Å². The van der Waals surface area contributed by atoms with Crippen molar-refractivity contribution in [3.63, 3.8) is 0 Å². The van der Waals surface area contributed by atoms with Gasteiger partial charge in [0, 0.05) is 31.5 Å². The van der Waals surface area contributed by atoms with Crippen LogP contribution in [-0.4, -0.2) is 96.2 Å². The van der Waals surface area contributed by atoms with Gasteiger partial charge in [0.05, 0.1) is 17.4 Å². The second-order valence-corrected chi connectivity index (χ2v) is 18.0. The summed E-state index contributed by atoms with van der Waals surface area (Å²) in [6.07, 6.45) is 4.56. The molecule has 0 aromatic heterocycles. The second kappa shape index (κ2) is 15.9. The van der Waals surface area contributed by atoms with E-state index in [2.05, 4.69) is 20.7 Å². The van der Waals surface area contributed by atoms with Crippen LogP contribution in [0.5, 0.6) is 0 Å². The molecule has 1 saturated heterocycles. The molecule has 0 unspecified atom stereocenters. The van der Waals surface area contributed by atoms with Gasteiger partial charge in [0.2, 0.25) is 21.8 Å². The molecule has 1 aromatic carbocycles. The zero-order valence-electron chi connectivity index (χ0n) is 31.1. The normalized spacial score (nSPS) is 29.4. The third-order valence-electron chi connectivity index (χ3n) is 11.9. The summed E-state index contributed by atoms with van der Waals surface area (Å²) in [5.41, 5.74) is -1.99. The Morgan fingerprint density at radius 2 is 1.71 bits per heavy atom. The first-order valence-electron chi connectivity index (χ1n) is 19.7. The SMILES string of the molecule is O=C(NC1CCCC1)N[C@H]1CCCCC/C=C\[C@@H]2C[C@@]2(C(=O)NS(=O)(=O)C2CC2)NC(=O)[C@@H]2C[C@@H](OC(=O)N3CCc4cccc(C(F)(F)F)c4C3)CN2C1=O. The fraction of sp³-hybridized carbons (Fsp3) is 0.658. The lowest BCUT2D eigenvalue weighted by Crippen LogP contribution is -2.59. The highest BCUT2D eigenvalue weighted by Crippen LogP contribution is 2.46. The van der Waals surface area contributed by atoms with E-state index < -0.39 is 86.5 Å². The standard InChI is InChI=1S/C38H49F3N6O8S/c39-38(40,41)29-13-8-9-23-17-18-46(22-28(23)29)36(52)55-26-19-31-32(48)44-37(34(50)45-56(53,54)27-15-16-27)20-24(37)10-4-2-1-3-5-14-30(33(49)47(31)21-26)43-35(51)42-25-11-6-7-12-25/h4,8-10,13,24-27,30-31H,1-3,5-7,11-12,14-22H2,(H,44,48)(H,45,50)(H2,42,43,51)/b10-4-/t24-,26-,30+,31+,37-/m1/s1. The number of hydrogen-bond donors (Lipinski definition) is 4. The maximum absolute atomic E-state index is 14.4. The lowest BCUT2D eigenvalue weighted by molar-refractivity contribution is -0.141. The molecule has 3 heterocycles. The van der Waals surface area contributed by atoms with Crippen LogP contribution in [0.15, 0.2) is 30.4 Å². The van der Waals surface area contributed by atoms with Crippen molar-refractivity contribution in [2.75, 3.05) is 13.1 Å². The zero-order chi connectivity index (χ0) is 39.8. The third kappa shape index (κ3) is 8.79. The number of alkyl halides is 3. The summed E-state index contributed by atoms with van der Waals surface area (Å²) in [6, 6.07) is 1.01. The number of nitrogens with one attached hydrogen (secondary N) is 4. The molecule has 0 radical (unpaired) electrons. The van der Waals surface area contributed by atoms with Gasteiger partial charge in [-0.15, -0.1) is 0 Å². The fourth-order valence-corrected chi connectivity index (χ4v) is 9.89. The van der Waals surface area contributed by atoms with Crippen molar-refractivity contribution >= 4 is 39.9 Å². The van der Waals surface area contributed by atoms with Crippen LogP contribution in [0.3, 0.4) is 0 Å². The number of halogens is 3. The molecule has 306 valence electrons. The molecule has 3 aliphatic carbocycles. The number of amides is 6. The smallest absolute Gasteiger partial charge is 0.416 e. The number of fused-ring (bicyclic) bond motifs is 3. The van der Waals surface area contributed by atoms with Gasteiger partial charge in [-0.05, 0) is 75.0 Å². The lowest BCUT2D eigenvalue weighted by atomic mass is 9.95. The van der Waals surface area contributed by atoms with Crippen LogP contribution in [0.1, 0.15) is 100 Å². The zero-order valence-corrected chi connectivity index (χ0v) is 31.9. The minimum atomic E-state index is -4.63. The second-order valence-electron chi connectivity index (χ2n) is 16.0. The number of benzene rings is 1. The van der Waals surface area contributed by atoms with Crippen molar-refractivity contribution in [1.29, 1.82) is 0 Å². The van der Waals surface area contributed by atoms with Gasteiger partial charge in [-0.1, -0.05) is 50.0 Å². The van der Waals surface area contributed by atoms with Crippen LogP contribution in [0.4, 0.5) is 22.8 Å². The Labute approximate surface area is 323 Å². The van der Waals surface area contributed by atoms with Gasteiger partial charge in [-0.2, -0.15) is 13.2 Å². The van der Waals surface area contributed by atoms with Gasteiger partial charge in [-0.25, -0.2) is 18.0 Å². The summed E-state index contributed by atoms with van der Waals surface area (Å²) < 4.78 is 75.1. The monoisotopic (exact) mass is 806 g/mol. The number of allylic oxidation sites excluding steroid dienone is 1. The maximum Gasteiger partial charge on any atom is 0.416 e. The maximum atomic E-state index is 14.4. The van der Waals surface area contributed by atoms with Gasteiger partial charge >= 0.3 is 18.3 Å². The highest BCUT2D eigenvalue weighted by molar-refractivity contribution is 7.91. The minimum Gasteiger partial charge on any atom is -0.444 e. The topological polar surface area (TPSA) is 183 Å². The summed E-state index contributed by atoms with van der Waals surface area (Å²) >= 11 is 0. The Morgan fingerprint density at radius 3 is 2.45 bits per heavy atom. The first kappa shape index (κ1) is 39.9. The third-order valence-corrected chi connectivity index (χ3v) is 13.8. The van der Waals surface area contributed by atoms with Crippen LogP contribution in [0.2, 0.25) is 0 Å². The molecule has 18 heteroatoms. The molecule has 3 saturated carbocycles. The van der Waals surface area contributed by atoms with E-state index in [9.17, 15) is 45.6 Å². The van der Waals surface area contributed by atoms with E-state index in [0.29, 0.717) is 37.7 Å². The summed E-state index contributed by atoms with van der Waals surface area (Å²) in [4.78, 5) is 71.5. The highest BCUT2D eigenvalue weighted by Gasteiger charge is 2.62. The Morgan fingerprint density at radius 1 is 0.964 bits per heavy atom.